The lowest BCUT2D eigenvalue weighted by Gasteiger charge is -2.09. The average molecular weight is 331 g/mol. The summed E-state index contributed by atoms with van der Waals surface area (Å²) in [6, 6.07) is 5.23. The van der Waals surface area contributed by atoms with E-state index in [1.165, 1.54) is 12.3 Å². The van der Waals surface area contributed by atoms with E-state index in [0.29, 0.717) is 23.6 Å². The SMILES string of the molecule is CC(C)c1n[nH]c(=S)n1CCNC(=O)/C(C#N)=C\c1ccco1. The molecule has 8 heteroatoms. The molecule has 0 aliphatic carbocycles. The van der Waals surface area contributed by atoms with Gasteiger partial charge in [-0.2, -0.15) is 10.4 Å². The lowest BCUT2D eigenvalue weighted by molar-refractivity contribution is -0.117. The van der Waals surface area contributed by atoms with Crippen molar-refractivity contribution in [1.82, 2.24) is 20.1 Å². The lowest BCUT2D eigenvalue weighted by Crippen LogP contribution is -2.28. The molecule has 0 radical (unpaired) electrons. The first kappa shape index (κ1) is 16.7. The van der Waals surface area contributed by atoms with Crippen LogP contribution in [0.3, 0.4) is 0 Å². The van der Waals surface area contributed by atoms with Crippen molar-refractivity contribution < 1.29 is 9.21 Å². The Morgan fingerprint density at radius 1 is 1.65 bits per heavy atom. The predicted molar refractivity (Wildman–Crippen MR) is 86.8 cm³/mol. The normalized spacial score (nSPS) is 11.5. The van der Waals surface area contributed by atoms with Gasteiger partial charge in [-0.25, -0.2) is 0 Å². The Balaban J connectivity index is 1.99. The maximum Gasteiger partial charge on any atom is 0.262 e. The van der Waals surface area contributed by atoms with E-state index in [1.54, 1.807) is 12.1 Å². The number of hydrogen-bond donors (Lipinski definition) is 2. The van der Waals surface area contributed by atoms with Crippen LogP contribution in [0, 0.1) is 16.1 Å². The standard InChI is InChI=1S/C15H17N5O2S/c1-10(2)13-18-19-15(23)20(13)6-5-17-14(21)11(9-16)8-12-4-3-7-22-12/h3-4,7-8,10H,5-6H2,1-2H3,(H,17,21)(H,19,23)/b11-8-. The molecule has 2 aromatic heterocycles. The first-order valence-corrected chi connectivity index (χ1v) is 7.52. The molecule has 2 heterocycles. The number of amides is 1. The van der Waals surface area contributed by atoms with Crippen molar-refractivity contribution in [2.75, 3.05) is 6.54 Å². The molecule has 2 aromatic rings. The van der Waals surface area contributed by atoms with Crippen LogP contribution >= 0.6 is 12.2 Å². The van der Waals surface area contributed by atoms with E-state index >= 15 is 0 Å². The van der Waals surface area contributed by atoms with Gasteiger partial charge in [0.1, 0.15) is 23.2 Å². The molecule has 0 fully saturated rings. The van der Waals surface area contributed by atoms with Gasteiger partial charge in [-0.3, -0.25) is 9.89 Å². The Hall–Kier alpha value is -2.66. The molecule has 0 unspecified atom stereocenters. The first-order chi connectivity index (χ1) is 11.0. The number of aromatic amines is 1. The van der Waals surface area contributed by atoms with Crippen LogP contribution in [-0.2, 0) is 11.3 Å². The van der Waals surface area contributed by atoms with Gasteiger partial charge >= 0.3 is 0 Å². The largest absolute Gasteiger partial charge is 0.465 e. The summed E-state index contributed by atoms with van der Waals surface area (Å²) in [6.07, 6.45) is 2.88. The summed E-state index contributed by atoms with van der Waals surface area (Å²) in [5.74, 6) is 1.05. The van der Waals surface area contributed by atoms with E-state index in [-0.39, 0.29) is 11.5 Å². The topological polar surface area (TPSA) is 99.6 Å². The summed E-state index contributed by atoms with van der Waals surface area (Å²) < 4.78 is 7.44. The Morgan fingerprint density at radius 2 is 2.43 bits per heavy atom. The molecule has 0 spiro atoms. The molecule has 23 heavy (non-hydrogen) atoms. The van der Waals surface area contributed by atoms with Crippen molar-refractivity contribution in [3.8, 4) is 6.07 Å². The van der Waals surface area contributed by atoms with Crippen LogP contribution in [0.1, 0.15) is 31.4 Å². The van der Waals surface area contributed by atoms with Gasteiger partial charge < -0.3 is 14.3 Å². The second-order valence-electron chi connectivity index (χ2n) is 5.13. The van der Waals surface area contributed by atoms with Crippen molar-refractivity contribution in [1.29, 1.82) is 5.26 Å². The first-order valence-electron chi connectivity index (χ1n) is 7.11. The number of hydrogen-bond acceptors (Lipinski definition) is 5. The second kappa shape index (κ2) is 7.56. The maximum atomic E-state index is 12.0. The van der Waals surface area contributed by atoms with Gasteiger partial charge in [0.2, 0.25) is 0 Å². The van der Waals surface area contributed by atoms with E-state index < -0.39 is 5.91 Å². The van der Waals surface area contributed by atoms with Crippen molar-refractivity contribution in [3.05, 3.63) is 40.3 Å². The van der Waals surface area contributed by atoms with Crippen LogP contribution in [0.5, 0.6) is 0 Å². The van der Waals surface area contributed by atoms with E-state index in [9.17, 15) is 4.79 Å². The highest BCUT2D eigenvalue weighted by Gasteiger charge is 2.12. The van der Waals surface area contributed by atoms with Gasteiger partial charge in [-0.1, -0.05) is 13.8 Å². The lowest BCUT2D eigenvalue weighted by atomic mass is 10.2. The van der Waals surface area contributed by atoms with Crippen LogP contribution in [0.25, 0.3) is 6.08 Å². The van der Waals surface area contributed by atoms with E-state index in [1.807, 2.05) is 24.5 Å². The summed E-state index contributed by atoms with van der Waals surface area (Å²) >= 11 is 5.18. The highest BCUT2D eigenvalue weighted by molar-refractivity contribution is 7.71. The predicted octanol–water partition coefficient (Wildman–Crippen LogP) is 2.38. The minimum absolute atomic E-state index is 0.0141. The fourth-order valence-corrected chi connectivity index (χ4v) is 2.26. The zero-order chi connectivity index (χ0) is 16.8. The number of carbonyl (C=O) groups excluding carboxylic acids is 1. The van der Waals surface area contributed by atoms with Crippen LogP contribution < -0.4 is 5.32 Å². The van der Waals surface area contributed by atoms with Gasteiger partial charge in [0.25, 0.3) is 5.91 Å². The third-order valence-corrected chi connectivity index (χ3v) is 3.43. The molecule has 2 rings (SSSR count). The van der Waals surface area contributed by atoms with Crippen LogP contribution in [0.15, 0.2) is 28.4 Å². The third kappa shape index (κ3) is 4.17. The molecule has 0 saturated heterocycles. The minimum atomic E-state index is -0.454. The smallest absolute Gasteiger partial charge is 0.262 e. The Morgan fingerprint density at radius 3 is 3.04 bits per heavy atom. The Bertz CT molecular complexity index is 793. The average Bonchev–Trinajstić information content (AvgIpc) is 3.15. The molecule has 120 valence electrons. The number of H-pyrrole nitrogens is 1. The molecule has 0 bridgehead atoms. The fraction of sp³-hybridized carbons (Fsp3) is 0.333. The summed E-state index contributed by atoms with van der Waals surface area (Å²) in [4.78, 5) is 12.0. The molecular formula is C15H17N5O2S. The third-order valence-electron chi connectivity index (χ3n) is 3.12. The minimum Gasteiger partial charge on any atom is -0.465 e. The number of nitrogens with one attached hydrogen (secondary N) is 2. The van der Waals surface area contributed by atoms with Gasteiger partial charge in [0.15, 0.2) is 4.77 Å². The number of nitriles is 1. The van der Waals surface area contributed by atoms with Crippen molar-refractivity contribution in [2.45, 2.75) is 26.3 Å². The molecule has 0 atom stereocenters. The zero-order valence-electron chi connectivity index (χ0n) is 12.9. The quantitative estimate of drug-likeness (QED) is 0.481. The molecule has 0 aromatic carbocycles. The summed E-state index contributed by atoms with van der Waals surface area (Å²) in [6.45, 7) is 4.84. The van der Waals surface area contributed by atoms with E-state index in [4.69, 9.17) is 21.9 Å². The van der Waals surface area contributed by atoms with Gasteiger partial charge in [-0.15, -0.1) is 0 Å². The molecule has 0 saturated carbocycles. The molecule has 0 aliphatic heterocycles. The van der Waals surface area contributed by atoms with Gasteiger partial charge in [0, 0.05) is 25.1 Å². The molecule has 1 amide bonds. The molecule has 0 aliphatic rings. The molecule has 2 N–H and O–H groups in total. The van der Waals surface area contributed by atoms with Crippen molar-refractivity contribution in [3.63, 3.8) is 0 Å². The maximum absolute atomic E-state index is 12.0. The van der Waals surface area contributed by atoms with Crippen LogP contribution in [0.2, 0.25) is 0 Å². The monoisotopic (exact) mass is 331 g/mol. The Kier molecular flexibility index (Phi) is 5.49. The van der Waals surface area contributed by atoms with Gasteiger partial charge in [0.05, 0.1) is 6.26 Å². The molecule has 7 nitrogen and oxygen atoms in total. The number of furan rings is 1. The van der Waals surface area contributed by atoms with Crippen LogP contribution in [-0.4, -0.2) is 27.2 Å². The molecular weight excluding hydrogens is 314 g/mol. The summed E-state index contributed by atoms with van der Waals surface area (Å²) in [5.41, 5.74) is -0.0141. The number of nitrogens with zero attached hydrogens (tertiary/aromatic N) is 3. The number of rotatable bonds is 6. The highest BCUT2D eigenvalue weighted by atomic mass is 32.1. The summed E-state index contributed by atoms with van der Waals surface area (Å²) in [5, 5.41) is 18.7. The summed E-state index contributed by atoms with van der Waals surface area (Å²) in [7, 11) is 0. The van der Waals surface area contributed by atoms with E-state index in [2.05, 4.69) is 15.5 Å². The number of aromatic nitrogens is 3. The van der Waals surface area contributed by atoms with E-state index in [0.717, 1.165) is 5.82 Å². The van der Waals surface area contributed by atoms with Crippen molar-refractivity contribution >= 4 is 24.2 Å². The zero-order valence-corrected chi connectivity index (χ0v) is 13.7. The van der Waals surface area contributed by atoms with Crippen molar-refractivity contribution in [2.24, 2.45) is 0 Å². The highest BCUT2D eigenvalue weighted by Crippen LogP contribution is 2.11. The van der Waals surface area contributed by atoms with Crippen LogP contribution in [0.4, 0.5) is 0 Å². The van der Waals surface area contributed by atoms with Gasteiger partial charge in [-0.05, 0) is 24.4 Å². The number of carbonyl (C=O) groups is 1. The fourth-order valence-electron chi connectivity index (χ4n) is 2.03. The Labute approximate surface area is 138 Å². The second-order valence-corrected chi connectivity index (χ2v) is 5.52.